The van der Waals surface area contributed by atoms with Crippen molar-refractivity contribution in [1.82, 2.24) is 4.98 Å². The molecule has 0 aliphatic heterocycles. The first-order chi connectivity index (χ1) is 10.0. The highest BCUT2D eigenvalue weighted by Gasteiger charge is 2.12. The lowest BCUT2D eigenvalue weighted by Gasteiger charge is -2.12. The van der Waals surface area contributed by atoms with E-state index < -0.39 is 0 Å². The van der Waals surface area contributed by atoms with Crippen molar-refractivity contribution in [2.75, 3.05) is 17.2 Å². The van der Waals surface area contributed by atoms with Crippen molar-refractivity contribution in [3.8, 4) is 0 Å². The summed E-state index contributed by atoms with van der Waals surface area (Å²) >= 11 is 0. The third kappa shape index (κ3) is 3.60. The van der Waals surface area contributed by atoms with Crippen LogP contribution in [0.1, 0.15) is 34.1 Å². The number of amides is 1. The van der Waals surface area contributed by atoms with Crippen LogP contribution in [0.4, 0.5) is 11.4 Å². The van der Waals surface area contributed by atoms with Gasteiger partial charge in [0.05, 0.1) is 11.3 Å². The minimum absolute atomic E-state index is 0.151. The number of nitrogens with one attached hydrogen (secondary N) is 2. The fraction of sp³-hybridized carbons (Fsp3) is 0.294. The third-order valence-electron chi connectivity index (χ3n) is 3.42. The molecule has 1 heterocycles. The van der Waals surface area contributed by atoms with Crippen molar-refractivity contribution < 1.29 is 4.79 Å². The van der Waals surface area contributed by atoms with Crippen LogP contribution in [-0.4, -0.2) is 17.4 Å². The molecule has 0 saturated carbocycles. The fourth-order valence-electron chi connectivity index (χ4n) is 2.10. The van der Waals surface area contributed by atoms with E-state index in [0.717, 1.165) is 29.2 Å². The molecule has 0 spiro atoms. The van der Waals surface area contributed by atoms with Crippen LogP contribution in [0.25, 0.3) is 0 Å². The van der Waals surface area contributed by atoms with Crippen molar-refractivity contribution >= 4 is 17.3 Å². The van der Waals surface area contributed by atoms with Crippen LogP contribution in [0.5, 0.6) is 0 Å². The van der Waals surface area contributed by atoms with Gasteiger partial charge in [-0.15, -0.1) is 0 Å². The van der Waals surface area contributed by atoms with Crippen molar-refractivity contribution in [2.45, 2.75) is 27.7 Å². The molecule has 1 aromatic heterocycles. The minimum Gasteiger partial charge on any atom is -0.385 e. The predicted molar refractivity (Wildman–Crippen MR) is 87.0 cm³/mol. The summed E-state index contributed by atoms with van der Waals surface area (Å²) in [5, 5.41) is 6.13. The van der Waals surface area contributed by atoms with E-state index >= 15 is 0 Å². The number of benzene rings is 1. The average Bonchev–Trinajstić information content (AvgIpc) is 2.43. The number of anilines is 2. The van der Waals surface area contributed by atoms with Gasteiger partial charge in [0.2, 0.25) is 0 Å². The molecule has 2 N–H and O–H groups in total. The Morgan fingerprint density at radius 3 is 2.57 bits per heavy atom. The number of hydrogen-bond acceptors (Lipinski definition) is 3. The Labute approximate surface area is 125 Å². The first-order valence-corrected chi connectivity index (χ1v) is 7.10. The van der Waals surface area contributed by atoms with E-state index in [4.69, 9.17) is 0 Å². The molecule has 4 nitrogen and oxygen atoms in total. The highest BCUT2D eigenvalue weighted by atomic mass is 16.1. The lowest BCUT2D eigenvalue weighted by molar-refractivity contribution is 0.102. The average molecular weight is 283 g/mol. The molecule has 110 valence electrons. The Morgan fingerprint density at radius 1 is 1.14 bits per heavy atom. The Hall–Kier alpha value is -2.36. The van der Waals surface area contributed by atoms with Gasteiger partial charge in [-0.05, 0) is 57.0 Å². The summed E-state index contributed by atoms with van der Waals surface area (Å²) < 4.78 is 0. The van der Waals surface area contributed by atoms with Crippen LogP contribution < -0.4 is 10.6 Å². The van der Waals surface area contributed by atoms with Crippen LogP contribution in [0.3, 0.4) is 0 Å². The monoisotopic (exact) mass is 283 g/mol. The topological polar surface area (TPSA) is 54.0 Å². The van der Waals surface area contributed by atoms with E-state index in [1.807, 2.05) is 52.0 Å². The van der Waals surface area contributed by atoms with Gasteiger partial charge in [0.1, 0.15) is 0 Å². The van der Waals surface area contributed by atoms with E-state index in [2.05, 4.69) is 15.6 Å². The Kier molecular flexibility index (Phi) is 4.58. The zero-order chi connectivity index (χ0) is 15.4. The molecule has 21 heavy (non-hydrogen) atoms. The number of rotatable bonds is 4. The first-order valence-electron chi connectivity index (χ1n) is 7.10. The van der Waals surface area contributed by atoms with Crippen molar-refractivity contribution in [1.29, 1.82) is 0 Å². The number of aryl methyl sites for hydroxylation is 3. The van der Waals surface area contributed by atoms with Crippen LogP contribution in [-0.2, 0) is 0 Å². The second-order valence-corrected chi connectivity index (χ2v) is 5.15. The Bertz CT molecular complexity index is 665. The molecule has 0 aliphatic carbocycles. The van der Waals surface area contributed by atoms with Gasteiger partial charge in [0.15, 0.2) is 0 Å². The van der Waals surface area contributed by atoms with Gasteiger partial charge in [-0.3, -0.25) is 9.78 Å². The molecular formula is C17H21N3O. The summed E-state index contributed by atoms with van der Waals surface area (Å²) in [6, 6.07) is 7.78. The van der Waals surface area contributed by atoms with Crippen molar-refractivity contribution in [3.63, 3.8) is 0 Å². The molecule has 4 heteroatoms. The number of carbonyl (C=O) groups is 1. The van der Waals surface area contributed by atoms with E-state index in [-0.39, 0.29) is 5.91 Å². The zero-order valence-electron chi connectivity index (χ0n) is 12.9. The molecule has 0 saturated heterocycles. The highest BCUT2D eigenvalue weighted by molar-refractivity contribution is 6.07. The quantitative estimate of drug-likeness (QED) is 0.899. The van der Waals surface area contributed by atoms with Gasteiger partial charge >= 0.3 is 0 Å². The molecule has 1 amide bonds. The SMILES string of the molecule is CCNc1cc(C)ncc1C(=O)Nc1ccc(C)c(C)c1. The number of hydrogen-bond donors (Lipinski definition) is 2. The zero-order valence-corrected chi connectivity index (χ0v) is 12.9. The molecular weight excluding hydrogens is 262 g/mol. The number of aromatic nitrogens is 1. The molecule has 0 fully saturated rings. The van der Waals surface area contributed by atoms with E-state index in [1.165, 1.54) is 5.56 Å². The van der Waals surface area contributed by atoms with E-state index in [9.17, 15) is 4.79 Å². The molecule has 1 aromatic carbocycles. The molecule has 2 aromatic rings. The van der Waals surface area contributed by atoms with Crippen LogP contribution in [0.15, 0.2) is 30.5 Å². The molecule has 0 radical (unpaired) electrons. The largest absolute Gasteiger partial charge is 0.385 e. The highest BCUT2D eigenvalue weighted by Crippen LogP contribution is 2.19. The second kappa shape index (κ2) is 6.39. The number of carbonyl (C=O) groups excluding carboxylic acids is 1. The van der Waals surface area contributed by atoms with Gasteiger partial charge < -0.3 is 10.6 Å². The normalized spacial score (nSPS) is 10.3. The Morgan fingerprint density at radius 2 is 1.90 bits per heavy atom. The minimum atomic E-state index is -0.151. The summed E-state index contributed by atoms with van der Waals surface area (Å²) in [7, 11) is 0. The number of pyridine rings is 1. The molecule has 0 unspecified atom stereocenters. The smallest absolute Gasteiger partial charge is 0.259 e. The summed E-state index contributed by atoms with van der Waals surface area (Å²) in [5.41, 5.74) is 5.41. The van der Waals surface area contributed by atoms with E-state index in [1.54, 1.807) is 6.20 Å². The van der Waals surface area contributed by atoms with Crippen LogP contribution >= 0.6 is 0 Å². The van der Waals surface area contributed by atoms with Crippen LogP contribution in [0, 0.1) is 20.8 Å². The molecule has 0 atom stereocenters. The second-order valence-electron chi connectivity index (χ2n) is 5.15. The van der Waals surface area contributed by atoms with Gasteiger partial charge in [-0.2, -0.15) is 0 Å². The molecule has 0 bridgehead atoms. The summed E-state index contributed by atoms with van der Waals surface area (Å²) in [4.78, 5) is 16.6. The number of nitrogens with zero attached hydrogens (tertiary/aromatic N) is 1. The molecule has 0 aliphatic rings. The van der Waals surface area contributed by atoms with Gasteiger partial charge in [0.25, 0.3) is 5.91 Å². The maximum Gasteiger partial charge on any atom is 0.259 e. The van der Waals surface area contributed by atoms with E-state index in [0.29, 0.717) is 5.56 Å². The fourth-order valence-corrected chi connectivity index (χ4v) is 2.10. The predicted octanol–water partition coefficient (Wildman–Crippen LogP) is 3.69. The van der Waals surface area contributed by atoms with Crippen molar-refractivity contribution in [3.05, 3.63) is 52.8 Å². The first kappa shape index (κ1) is 15.0. The van der Waals surface area contributed by atoms with Gasteiger partial charge in [-0.1, -0.05) is 6.07 Å². The van der Waals surface area contributed by atoms with Crippen molar-refractivity contribution in [2.24, 2.45) is 0 Å². The van der Waals surface area contributed by atoms with Crippen LogP contribution in [0.2, 0.25) is 0 Å². The summed E-state index contributed by atoms with van der Waals surface area (Å²) in [6.07, 6.45) is 1.61. The summed E-state index contributed by atoms with van der Waals surface area (Å²) in [5.74, 6) is -0.151. The Balaban J connectivity index is 2.25. The lowest BCUT2D eigenvalue weighted by Crippen LogP contribution is -2.15. The lowest BCUT2D eigenvalue weighted by atomic mass is 10.1. The van der Waals surface area contributed by atoms with Gasteiger partial charge in [-0.25, -0.2) is 0 Å². The molecule has 2 rings (SSSR count). The maximum atomic E-state index is 12.4. The maximum absolute atomic E-state index is 12.4. The van der Waals surface area contributed by atoms with Gasteiger partial charge in [0, 0.05) is 24.1 Å². The summed E-state index contributed by atoms with van der Waals surface area (Å²) in [6.45, 7) is 8.75. The third-order valence-corrected chi connectivity index (χ3v) is 3.42. The standard InChI is InChI=1S/C17H21N3O/c1-5-18-16-9-13(4)19-10-15(16)17(21)20-14-7-6-11(2)12(3)8-14/h6-10H,5H2,1-4H3,(H,18,19)(H,20,21).